The van der Waals surface area contributed by atoms with Crippen molar-refractivity contribution in [3.63, 3.8) is 0 Å². The third-order valence-electron chi connectivity index (χ3n) is 2.15. The molecule has 0 amide bonds. The first-order chi connectivity index (χ1) is 7.91. The highest BCUT2D eigenvalue weighted by Crippen LogP contribution is 2.68. The molecule has 0 bridgehead atoms. The molecule has 0 unspecified atom stereocenters. The molecule has 0 radical (unpaired) electrons. The molecule has 0 aliphatic rings. The van der Waals surface area contributed by atoms with Crippen LogP contribution in [0.4, 0.5) is 12.6 Å². The summed E-state index contributed by atoms with van der Waals surface area (Å²) in [5.41, 5.74) is 0.0108. The Morgan fingerprint density at radius 3 is 1.71 bits per heavy atom. The molecule has 0 heterocycles. The molecule has 96 valence electrons. The molecule has 1 aromatic carbocycles. The van der Waals surface area contributed by atoms with Crippen molar-refractivity contribution in [2.45, 2.75) is 6.16 Å². The van der Waals surface area contributed by atoms with E-state index in [0.29, 0.717) is 5.75 Å². The van der Waals surface area contributed by atoms with Gasteiger partial charge in [0.1, 0.15) is 17.2 Å². The van der Waals surface area contributed by atoms with Crippen LogP contribution in [0.5, 0.6) is 17.2 Å². The van der Waals surface area contributed by atoms with Crippen LogP contribution >= 0.6 is 8.19 Å². The Bertz CT molecular complexity index is 368. The van der Waals surface area contributed by atoms with Crippen LogP contribution in [0, 0.1) is 0 Å². The maximum absolute atomic E-state index is 12.5. The lowest BCUT2D eigenvalue weighted by Crippen LogP contribution is -1.98. The molecule has 0 aliphatic carbocycles. The Kier molecular flexibility index (Phi) is 4.46. The van der Waals surface area contributed by atoms with Crippen molar-refractivity contribution in [1.29, 1.82) is 0 Å². The molecular weight excluding hydrogens is 256 g/mol. The fraction of sp³-hybridized carbons (Fsp3) is 0.400. The predicted molar refractivity (Wildman–Crippen MR) is 60.0 cm³/mol. The van der Waals surface area contributed by atoms with E-state index < -0.39 is 14.4 Å². The van der Waals surface area contributed by atoms with E-state index in [-0.39, 0.29) is 17.1 Å². The smallest absolute Gasteiger partial charge is 0.496 e. The third kappa shape index (κ3) is 3.66. The van der Waals surface area contributed by atoms with Gasteiger partial charge in [-0.2, -0.15) is 0 Å². The van der Waals surface area contributed by atoms with Crippen molar-refractivity contribution in [2.75, 3.05) is 21.3 Å². The number of benzene rings is 1. The van der Waals surface area contributed by atoms with Crippen LogP contribution in [0.15, 0.2) is 12.1 Å². The van der Waals surface area contributed by atoms with Gasteiger partial charge in [0.2, 0.25) is 0 Å². The van der Waals surface area contributed by atoms with E-state index in [1.54, 1.807) is 0 Å². The number of hydrogen-bond acceptors (Lipinski definition) is 3. The van der Waals surface area contributed by atoms with Crippen LogP contribution in [-0.2, 0) is 6.16 Å². The van der Waals surface area contributed by atoms with Crippen LogP contribution in [0.2, 0.25) is 0 Å². The van der Waals surface area contributed by atoms with Crippen molar-refractivity contribution in [1.82, 2.24) is 0 Å². The molecule has 0 saturated carbocycles. The third-order valence-corrected chi connectivity index (χ3v) is 2.83. The number of methoxy groups -OCH3 is 3. The van der Waals surface area contributed by atoms with Gasteiger partial charge in [-0.1, -0.05) is 0 Å². The fourth-order valence-electron chi connectivity index (χ4n) is 1.41. The molecule has 0 saturated heterocycles. The number of ether oxygens (including phenoxy) is 3. The topological polar surface area (TPSA) is 27.7 Å². The molecule has 0 aromatic heterocycles. The summed E-state index contributed by atoms with van der Waals surface area (Å²) in [5.74, 6) is 0.639. The highest BCUT2D eigenvalue weighted by molar-refractivity contribution is 7.59. The Morgan fingerprint density at radius 2 is 1.41 bits per heavy atom. The lowest BCUT2D eigenvalue weighted by Gasteiger charge is -2.13. The summed E-state index contributed by atoms with van der Waals surface area (Å²) in [5, 5.41) is 0. The zero-order valence-electron chi connectivity index (χ0n) is 9.67. The zero-order chi connectivity index (χ0) is 13.1. The van der Waals surface area contributed by atoms with E-state index in [9.17, 15) is 12.6 Å². The van der Waals surface area contributed by atoms with E-state index in [1.807, 2.05) is 0 Å². The summed E-state index contributed by atoms with van der Waals surface area (Å²) in [4.78, 5) is 0. The monoisotopic (exact) mass is 269 g/mol. The van der Waals surface area contributed by atoms with Gasteiger partial charge in [0.15, 0.2) is 6.16 Å². The van der Waals surface area contributed by atoms with E-state index >= 15 is 0 Å². The number of halogens is 3. The zero-order valence-corrected chi connectivity index (χ0v) is 10.6. The predicted octanol–water partition coefficient (Wildman–Crippen LogP) is 3.88. The van der Waals surface area contributed by atoms with Gasteiger partial charge in [0, 0.05) is 24.7 Å². The van der Waals surface area contributed by atoms with Crippen LogP contribution in [-0.4, -0.2) is 21.3 Å². The second-order valence-corrected chi connectivity index (χ2v) is 4.64. The van der Waals surface area contributed by atoms with Crippen LogP contribution in [0.25, 0.3) is 0 Å². The van der Waals surface area contributed by atoms with Gasteiger partial charge in [-0.3, -0.25) is 0 Å². The molecule has 0 aliphatic heterocycles. The molecule has 7 heteroatoms. The molecule has 3 nitrogen and oxygen atoms in total. The Balaban J connectivity index is 3.24. The minimum atomic E-state index is -5.44. The van der Waals surface area contributed by atoms with Crippen molar-refractivity contribution < 1.29 is 26.8 Å². The van der Waals surface area contributed by atoms with E-state index in [4.69, 9.17) is 14.2 Å². The standard InChI is InChI=1S/C10H13F3O3P/c1-14-7-4-9(15-2)8(6-17(11,12)13)10(5-7)16-3/h4-5H,6H2,1-3H3/q+1. The first-order valence-corrected chi connectivity index (χ1v) is 6.32. The highest BCUT2D eigenvalue weighted by Gasteiger charge is 2.45. The minimum Gasteiger partial charge on any atom is -0.496 e. The molecule has 1 rings (SSSR count). The fourth-order valence-corrected chi connectivity index (χ4v) is 2.08. The highest BCUT2D eigenvalue weighted by atomic mass is 31.3. The van der Waals surface area contributed by atoms with E-state index in [1.165, 1.54) is 33.5 Å². The Morgan fingerprint density at radius 1 is 0.941 bits per heavy atom. The van der Waals surface area contributed by atoms with Crippen LogP contribution in [0.3, 0.4) is 0 Å². The summed E-state index contributed by atoms with van der Waals surface area (Å²) in [6.07, 6.45) is -0.997. The Hall–Kier alpha value is -1.16. The van der Waals surface area contributed by atoms with Crippen molar-refractivity contribution in [3.05, 3.63) is 17.7 Å². The number of hydrogen-bond donors (Lipinski definition) is 0. The van der Waals surface area contributed by atoms with E-state index in [2.05, 4.69) is 0 Å². The molecule has 0 fully saturated rings. The van der Waals surface area contributed by atoms with Gasteiger partial charge in [-0.15, -0.1) is 0 Å². The average molecular weight is 269 g/mol. The van der Waals surface area contributed by atoms with Gasteiger partial charge >= 0.3 is 8.19 Å². The molecule has 0 spiro atoms. The summed E-state index contributed by atoms with van der Waals surface area (Å²) in [7, 11) is -1.40. The number of rotatable bonds is 5. The van der Waals surface area contributed by atoms with Gasteiger partial charge in [-0.05, 0) is 0 Å². The average Bonchev–Trinajstić information content (AvgIpc) is 2.27. The van der Waals surface area contributed by atoms with Crippen LogP contribution in [0.1, 0.15) is 5.56 Å². The summed E-state index contributed by atoms with van der Waals surface area (Å²) >= 11 is 0. The van der Waals surface area contributed by atoms with Crippen molar-refractivity contribution in [2.24, 2.45) is 0 Å². The van der Waals surface area contributed by atoms with Gasteiger partial charge in [-0.25, -0.2) is 0 Å². The van der Waals surface area contributed by atoms with Gasteiger partial charge in [0.25, 0.3) is 0 Å². The maximum atomic E-state index is 12.5. The van der Waals surface area contributed by atoms with Gasteiger partial charge < -0.3 is 14.2 Å². The van der Waals surface area contributed by atoms with Crippen molar-refractivity contribution in [3.8, 4) is 17.2 Å². The Labute approximate surface area is 98.2 Å². The summed E-state index contributed by atoms with van der Waals surface area (Å²) in [6, 6.07) is 2.82. The first kappa shape index (κ1) is 13.9. The largest absolute Gasteiger partial charge is 0.574 e. The second kappa shape index (κ2) is 5.45. The molecule has 17 heavy (non-hydrogen) atoms. The molecular formula is C10H13F3O3P+. The first-order valence-electron chi connectivity index (χ1n) is 4.67. The van der Waals surface area contributed by atoms with Crippen molar-refractivity contribution >= 4 is 8.19 Å². The SMILES string of the molecule is COc1cc(OC)c(C[P+](F)(F)F)c(OC)c1. The summed E-state index contributed by atoms with van der Waals surface area (Å²) in [6.45, 7) is 0. The molecule has 1 aromatic rings. The minimum absolute atomic E-state index is 0.0108. The maximum Gasteiger partial charge on any atom is 0.574 e. The molecule has 0 atom stereocenters. The summed E-state index contributed by atoms with van der Waals surface area (Å²) < 4.78 is 52.4. The second-order valence-electron chi connectivity index (χ2n) is 3.22. The van der Waals surface area contributed by atoms with Crippen LogP contribution < -0.4 is 14.2 Å². The normalized spacial score (nSPS) is 11.2. The molecule has 0 N–H and O–H groups in total. The lowest BCUT2D eigenvalue weighted by atomic mass is 10.2. The van der Waals surface area contributed by atoms with E-state index in [0.717, 1.165) is 0 Å². The quantitative estimate of drug-likeness (QED) is 0.759. The lowest BCUT2D eigenvalue weighted by molar-refractivity contribution is 0.369. The van der Waals surface area contributed by atoms with Gasteiger partial charge in [0.05, 0.1) is 26.9 Å².